The molecule has 10 nitrogen and oxygen atoms in total. The molecule has 0 radical (unpaired) electrons. The van der Waals surface area contributed by atoms with Crippen molar-refractivity contribution in [2.45, 2.75) is 73.7 Å². The highest BCUT2D eigenvalue weighted by atomic mass is 35.5. The van der Waals surface area contributed by atoms with Gasteiger partial charge < -0.3 is 19.5 Å². The van der Waals surface area contributed by atoms with Crippen LogP contribution in [0.4, 0.5) is 29.5 Å². The number of hydrogen-bond acceptors (Lipinski definition) is 9. The number of morpholine rings is 1. The lowest BCUT2D eigenvalue weighted by Crippen LogP contribution is -2.61. The molecule has 2 aliphatic heterocycles. The smallest absolute Gasteiger partial charge is 0.474 e. The van der Waals surface area contributed by atoms with Crippen LogP contribution in [0.2, 0.25) is 5.02 Å². The van der Waals surface area contributed by atoms with Gasteiger partial charge in [0.25, 0.3) is 9.84 Å². The van der Waals surface area contributed by atoms with Gasteiger partial charge in [0.15, 0.2) is 0 Å². The number of halogens is 4. The third-order valence-corrected chi connectivity index (χ3v) is 8.90. The van der Waals surface area contributed by atoms with E-state index in [9.17, 15) is 26.4 Å². The van der Waals surface area contributed by atoms with E-state index in [0.29, 0.717) is 31.6 Å². The number of sulfone groups is 1. The van der Waals surface area contributed by atoms with Gasteiger partial charge in [0.2, 0.25) is 5.88 Å². The Labute approximate surface area is 227 Å². The first-order valence-electron chi connectivity index (χ1n) is 12.2. The lowest BCUT2D eigenvalue weighted by atomic mass is 9.92. The summed E-state index contributed by atoms with van der Waals surface area (Å²) in [6.45, 7) is 4.36. The van der Waals surface area contributed by atoms with E-state index in [0.717, 1.165) is 31.0 Å². The maximum Gasteiger partial charge on any atom is 0.501 e. The number of ether oxygens (including phenoxy) is 3. The van der Waals surface area contributed by atoms with Gasteiger partial charge in [-0.2, -0.15) is 13.2 Å². The Kier molecular flexibility index (Phi) is 7.08. The van der Waals surface area contributed by atoms with Crippen LogP contribution in [0.5, 0.6) is 5.88 Å². The first-order chi connectivity index (χ1) is 18.3. The van der Waals surface area contributed by atoms with E-state index >= 15 is 0 Å². The molecule has 39 heavy (non-hydrogen) atoms. The minimum Gasteiger partial charge on any atom is -0.474 e. The Balaban J connectivity index is 1.28. The molecule has 2 unspecified atom stereocenters. The maximum atomic E-state index is 12.9. The van der Waals surface area contributed by atoms with E-state index < -0.39 is 20.2 Å². The van der Waals surface area contributed by atoms with Crippen molar-refractivity contribution >= 4 is 39.0 Å². The fourth-order valence-electron chi connectivity index (χ4n) is 4.66. The summed E-state index contributed by atoms with van der Waals surface area (Å²) in [4.78, 5) is 22.0. The second kappa shape index (κ2) is 9.97. The molecule has 1 aromatic carbocycles. The molecule has 1 N–H and O–H groups in total. The molecule has 1 amide bonds. The zero-order chi connectivity index (χ0) is 28.2. The number of rotatable bonds is 6. The number of hydrogen-bond donors (Lipinski definition) is 1. The van der Waals surface area contributed by atoms with Crippen LogP contribution in [0.3, 0.4) is 0 Å². The number of carbonyl (C=O) groups is 1. The highest BCUT2D eigenvalue weighted by molar-refractivity contribution is 7.92. The number of anilines is 2. The molecule has 2 atom stereocenters. The molecule has 2 aromatic rings. The number of benzene rings is 1. The fourth-order valence-corrected chi connectivity index (χ4v) is 5.74. The molecule has 3 aliphatic rings. The van der Waals surface area contributed by atoms with Crippen molar-refractivity contribution in [2.24, 2.45) is 0 Å². The fraction of sp³-hybridized carbons (Fsp3) is 0.542. The van der Waals surface area contributed by atoms with Crippen LogP contribution in [0.25, 0.3) is 0 Å². The Morgan fingerprint density at radius 3 is 2.46 bits per heavy atom. The van der Waals surface area contributed by atoms with Crippen LogP contribution in [0.1, 0.15) is 38.2 Å². The molecule has 3 fully saturated rings. The van der Waals surface area contributed by atoms with E-state index in [2.05, 4.69) is 15.3 Å². The molecule has 0 spiro atoms. The topological polar surface area (TPSA) is 120 Å². The lowest BCUT2D eigenvalue weighted by molar-refractivity contribution is -0.0956. The molecule has 1 saturated carbocycles. The third kappa shape index (κ3) is 5.59. The number of piperidine rings is 1. The van der Waals surface area contributed by atoms with Gasteiger partial charge in [0.05, 0.1) is 46.5 Å². The van der Waals surface area contributed by atoms with Crippen LogP contribution in [0, 0.1) is 6.92 Å². The Morgan fingerprint density at radius 1 is 1.21 bits per heavy atom. The van der Waals surface area contributed by atoms with Crippen LogP contribution in [-0.2, 0) is 19.3 Å². The van der Waals surface area contributed by atoms with Gasteiger partial charge in [-0.3, -0.25) is 4.90 Å². The van der Waals surface area contributed by atoms with Crippen molar-refractivity contribution in [1.82, 2.24) is 14.9 Å². The van der Waals surface area contributed by atoms with Gasteiger partial charge in [-0.25, -0.2) is 23.2 Å². The van der Waals surface area contributed by atoms with E-state index in [1.165, 1.54) is 6.33 Å². The number of amides is 1. The molecule has 2 saturated heterocycles. The monoisotopic (exact) mass is 590 g/mol. The predicted octanol–water partition coefficient (Wildman–Crippen LogP) is 4.78. The number of nitrogens with one attached hydrogen (secondary N) is 1. The second-order valence-electron chi connectivity index (χ2n) is 10.1. The van der Waals surface area contributed by atoms with Crippen molar-refractivity contribution in [3.63, 3.8) is 0 Å². The van der Waals surface area contributed by atoms with Gasteiger partial charge in [0.1, 0.15) is 23.9 Å². The van der Waals surface area contributed by atoms with Crippen LogP contribution in [0.15, 0.2) is 29.4 Å². The van der Waals surface area contributed by atoms with Crippen molar-refractivity contribution in [1.29, 1.82) is 0 Å². The summed E-state index contributed by atoms with van der Waals surface area (Å²) in [6, 6.07) is 2.25. The van der Waals surface area contributed by atoms with Crippen molar-refractivity contribution in [3.05, 3.63) is 35.1 Å². The van der Waals surface area contributed by atoms with Gasteiger partial charge in [-0.1, -0.05) is 11.6 Å². The normalized spacial score (nSPS) is 24.2. The average molecular weight is 591 g/mol. The van der Waals surface area contributed by atoms with Crippen LogP contribution < -0.4 is 10.1 Å². The zero-order valence-corrected chi connectivity index (χ0v) is 22.6. The Hall–Kier alpha value is -2.84. The number of aromatic nitrogens is 2. The number of carbonyl (C=O) groups excluding carboxylic acids is 1. The zero-order valence-electron chi connectivity index (χ0n) is 21.0. The largest absolute Gasteiger partial charge is 0.501 e. The van der Waals surface area contributed by atoms with Crippen molar-refractivity contribution in [2.75, 3.05) is 18.5 Å². The Morgan fingerprint density at radius 2 is 1.87 bits per heavy atom. The molecule has 3 heterocycles. The van der Waals surface area contributed by atoms with E-state index in [1.54, 1.807) is 11.8 Å². The van der Waals surface area contributed by atoms with E-state index in [1.807, 2.05) is 6.92 Å². The molecule has 1 aromatic heterocycles. The summed E-state index contributed by atoms with van der Waals surface area (Å²) in [5, 5.41) is 2.65. The molecule has 5 rings (SSSR count). The highest BCUT2D eigenvalue weighted by Gasteiger charge is 2.49. The van der Waals surface area contributed by atoms with Gasteiger partial charge >= 0.3 is 11.6 Å². The summed E-state index contributed by atoms with van der Waals surface area (Å²) >= 11 is 6.10. The molecular formula is C24H26ClF3N4O6S. The number of nitrogens with zero attached hydrogens (tertiary/aromatic N) is 3. The minimum absolute atomic E-state index is 0.147. The van der Waals surface area contributed by atoms with Gasteiger partial charge in [-0.05, 0) is 44.9 Å². The minimum atomic E-state index is -5.54. The summed E-state index contributed by atoms with van der Waals surface area (Å²) in [5.41, 5.74) is -5.17. The van der Waals surface area contributed by atoms with Crippen molar-refractivity contribution in [3.8, 4) is 5.88 Å². The summed E-state index contributed by atoms with van der Waals surface area (Å²) in [6.07, 6.45) is 3.40. The third-order valence-electron chi connectivity index (χ3n) is 7.10. The summed E-state index contributed by atoms with van der Waals surface area (Å²) < 4.78 is 79.6. The van der Waals surface area contributed by atoms with Crippen LogP contribution >= 0.6 is 11.6 Å². The quantitative estimate of drug-likeness (QED) is 0.507. The molecule has 15 heteroatoms. The summed E-state index contributed by atoms with van der Waals surface area (Å²) in [7, 11) is -5.54. The number of alkyl halides is 3. The van der Waals surface area contributed by atoms with E-state index in [4.69, 9.17) is 25.8 Å². The van der Waals surface area contributed by atoms with Gasteiger partial charge in [0, 0.05) is 12.8 Å². The standard InChI is InChI=1S/C24H26ClF3N4O6S/c1-13-20(31-19-4-3-17(9-18(19)25)39(34,35)24(26,27)28)29-12-30-21(13)37-16-7-14-10-36-11-15(8-16)32(14)22(33)38-23(2)5-6-23/h3-4,9,12,14-16H,5-8,10-11H2,1-2H3,(H,29,30,31). The van der Waals surface area contributed by atoms with E-state index in [-0.39, 0.29) is 52.3 Å². The predicted molar refractivity (Wildman–Crippen MR) is 133 cm³/mol. The summed E-state index contributed by atoms with van der Waals surface area (Å²) in [5.74, 6) is 0.556. The molecule has 212 valence electrons. The maximum absolute atomic E-state index is 12.9. The van der Waals surface area contributed by atoms with Gasteiger partial charge in [-0.15, -0.1) is 0 Å². The average Bonchev–Trinajstić information content (AvgIpc) is 3.57. The molecular weight excluding hydrogens is 565 g/mol. The molecule has 1 aliphatic carbocycles. The Bertz CT molecular complexity index is 1370. The van der Waals surface area contributed by atoms with Crippen LogP contribution in [-0.4, -0.2) is 71.9 Å². The van der Waals surface area contributed by atoms with Crippen molar-refractivity contribution < 1.29 is 40.6 Å². The first-order valence-corrected chi connectivity index (χ1v) is 14.1. The highest BCUT2D eigenvalue weighted by Crippen LogP contribution is 2.41. The second-order valence-corrected chi connectivity index (χ2v) is 12.5. The first kappa shape index (κ1) is 27.7. The SMILES string of the molecule is Cc1c(Nc2ccc(S(=O)(=O)C(F)(F)F)cc2Cl)ncnc1OC1CC2COCC(C1)N2C(=O)OC1(C)CC1. The number of fused-ring (bicyclic) bond motifs is 2. The molecule has 2 bridgehead atoms. The lowest BCUT2D eigenvalue weighted by Gasteiger charge is -2.47.